The van der Waals surface area contributed by atoms with Crippen molar-refractivity contribution < 1.29 is 0 Å². The molecule has 0 aliphatic heterocycles. The van der Waals surface area contributed by atoms with Gasteiger partial charge in [0.15, 0.2) is 0 Å². The molecule has 0 N–H and O–H groups in total. The maximum atomic E-state index is 3.19. The third-order valence-electron chi connectivity index (χ3n) is 2.66. The topological polar surface area (TPSA) is 0 Å². The van der Waals surface area contributed by atoms with Crippen LogP contribution in [-0.4, -0.2) is 0 Å². The molecule has 0 nitrogen and oxygen atoms in total. The van der Waals surface area contributed by atoms with Crippen LogP contribution in [-0.2, 0) is 0 Å². The van der Waals surface area contributed by atoms with Gasteiger partial charge in [-0.15, -0.1) is 0 Å². The largest absolute Gasteiger partial charge is 0.0699 e. The summed E-state index contributed by atoms with van der Waals surface area (Å²) in [7, 11) is 0. The molecule has 0 spiro atoms. The molecule has 0 heteroatoms. The highest BCUT2D eigenvalue weighted by atomic mass is 14.1. The number of benzene rings is 1. The highest BCUT2D eigenvalue weighted by molar-refractivity contribution is 5.29. The van der Waals surface area contributed by atoms with E-state index in [1.165, 1.54) is 11.1 Å². The molecule has 0 amide bonds. The fourth-order valence-electron chi connectivity index (χ4n) is 1.89. The van der Waals surface area contributed by atoms with Crippen LogP contribution in [0.1, 0.15) is 30.4 Å². The zero-order valence-electron chi connectivity index (χ0n) is 8.90. The van der Waals surface area contributed by atoms with Crippen molar-refractivity contribution in [3.05, 3.63) is 71.8 Å². The van der Waals surface area contributed by atoms with E-state index in [0.29, 0.717) is 5.92 Å². The van der Waals surface area contributed by atoms with Crippen molar-refractivity contribution in [3.8, 4) is 0 Å². The molecule has 2 aromatic rings. The van der Waals surface area contributed by atoms with Gasteiger partial charge < -0.3 is 0 Å². The van der Waals surface area contributed by atoms with Crippen molar-refractivity contribution in [2.75, 3.05) is 0 Å². The van der Waals surface area contributed by atoms with Gasteiger partial charge in [-0.25, -0.2) is 0 Å². The fourth-order valence-corrected chi connectivity index (χ4v) is 1.89. The summed E-state index contributed by atoms with van der Waals surface area (Å²) in [5.41, 5.74) is 2.59. The van der Waals surface area contributed by atoms with E-state index in [1.54, 1.807) is 0 Å². The average molecular weight is 194 g/mol. The van der Waals surface area contributed by atoms with E-state index < -0.39 is 0 Å². The predicted molar refractivity (Wildman–Crippen MR) is 62.7 cm³/mol. The molecule has 0 aromatic heterocycles. The first-order chi connectivity index (χ1) is 7.42. The lowest BCUT2D eigenvalue weighted by Crippen LogP contribution is -1.98. The van der Waals surface area contributed by atoms with Gasteiger partial charge in [0, 0.05) is 11.5 Å². The van der Waals surface area contributed by atoms with Crippen molar-refractivity contribution in [1.82, 2.24) is 0 Å². The fraction of sp³-hybridized carbons (Fsp3) is 0.200. The zero-order chi connectivity index (χ0) is 10.5. The molecule has 0 bridgehead atoms. The standard InChI is InChI=1S/C15H14/c1-2-15(13-9-5-3-6-10-13)14-11-7-4-8-12-14/h3-7,9-11,15H,2H2,1H3. The van der Waals surface area contributed by atoms with E-state index in [2.05, 4.69) is 55.5 Å². The lowest BCUT2D eigenvalue weighted by atomic mass is 9.90. The summed E-state index contributed by atoms with van der Waals surface area (Å²) < 4.78 is 0. The lowest BCUT2D eigenvalue weighted by molar-refractivity contribution is 0.778. The van der Waals surface area contributed by atoms with Gasteiger partial charge >= 0.3 is 0 Å². The first-order valence-electron chi connectivity index (χ1n) is 5.35. The Morgan fingerprint density at radius 2 is 1.87 bits per heavy atom. The highest BCUT2D eigenvalue weighted by Crippen LogP contribution is 2.25. The Balaban J connectivity index is 2.34. The summed E-state index contributed by atoms with van der Waals surface area (Å²) in [6.45, 7) is 2.21. The Hall–Kier alpha value is -1.74. The van der Waals surface area contributed by atoms with Gasteiger partial charge in [-0.1, -0.05) is 55.5 Å². The van der Waals surface area contributed by atoms with Gasteiger partial charge in [0.1, 0.15) is 0 Å². The quantitative estimate of drug-likeness (QED) is 0.696. The van der Waals surface area contributed by atoms with Crippen LogP contribution in [0.15, 0.2) is 48.5 Å². The first-order valence-corrected chi connectivity index (χ1v) is 5.35. The summed E-state index contributed by atoms with van der Waals surface area (Å²) in [6.07, 6.45) is 1.10. The monoisotopic (exact) mass is 194 g/mol. The molecule has 0 fully saturated rings. The second kappa shape index (κ2) is 4.66. The molecule has 0 saturated carbocycles. The molecule has 1 unspecified atom stereocenters. The molecule has 0 saturated heterocycles. The van der Waals surface area contributed by atoms with Crippen molar-refractivity contribution in [2.45, 2.75) is 19.3 Å². The second-order valence-electron chi connectivity index (χ2n) is 3.62. The summed E-state index contributed by atoms with van der Waals surface area (Å²) in [6, 6.07) is 22.8. The summed E-state index contributed by atoms with van der Waals surface area (Å²) in [5, 5.41) is 0. The molecule has 0 aliphatic rings. The van der Waals surface area contributed by atoms with Crippen LogP contribution < -0.4 is 0 Å². The van der Waals surface area contributed by atoms with Crippen LogP contribution >= 0.6 is 0 Å². The van der Waals surface area contributed by atoms with E-state index in [1.807, 2.05) is 12.1 Å². The average Bonchev–Trinajstić information content (AvgIpc) is 2.33. The predicted octanol–water partition coefficient (Wildman–Crippen LogP) is 3.83. The molecule has 0 aliphatic carbocycles. The summed E-state index contributed by atoms with van der Waals surface area (Å²) in [4.78, 5) is 0. The summed E-state index contributed by atoms with van der Waals surface area (Å²) >= 11 is 0. The Morgan fingerprint density at radius 3 is 2.47 bits per heavy atom. The van der Waals surface area contributed by atoms with Gasteiger partial charge in [-0.2, -0.15) is 0 Å². The third kappa shape index (κ3) is 2.19. The molecule has 0 heterocycles. The second-order valence-corrected chi connectivity index (χ2v) is 3.62. The van der Waals surface area contributed by atoms with E-state index in [9.17, 15) is 0 Å². The van der Waals surface area contributed by atoms with Crippen molar-refractivity contribution in [2.24, 2.45) is 0 Å². The normalized spacial score (nSPS) is 10.0. The minimum Gasteiger partial charge on any atom is -0.0699 e. The van der Waals surface area contributed by atoms with Crippen LogP contribution in [0.2, 0.25) is 0 Å². The van der Waals surface area contributed by atoms with Crippen LogP contribution in [0.4, 0.5) is 0 Å². The van der Waals surface area contributed by atoms with Crippen LogP contribution in [0.5, 0.6) is 0 Å². The third-order valence-corrected chi connectivity index (χ3v) is 2.66. The Morgan fingerprint density at radius 1 is 1.07 bits per heavy atom. The smallest absolute Gasteiger partial charge is 0.0167 e. The molecular formula is C15H14. The first kappa shape index (κ1) is 9.80. The van der Waals surface area contributed by atoms with Crippen LogP contribution in [0.3, 0.4) is 0 Å². The van der Waals surface area contributed by atoms with Crippen LogP contribution in [0, 0.1) is 12.1 Å². The Labute approximate surface area is 91.6 Å². The minimum absolute atomic E-state index is 0.448. The highest BCUT2D eigenvalue weighted by Gasteiger charge is 2.10. The van der Waals surface area contributed by atoms with Gasteiger partial charge in [0.25, 0.3) is 0 Å². The van der Waals surface area contributed by atoms with E-state index in [4.69, 9.17) is 0 Å². The maximum absolute atomic E-state index is 3.19. The van der Waals surface area contributed by atoms with Gasteiger partial charge in [0.05, 0.1) is 0 Å². The Kier molecular flexibility index (Phi) is 3.05. The minimum atomic E-state index is 0.448. The molecule has 1 atom stereocenters. The van der Waals surface area contributed by atoms with E-state index in [-0.39, 0.29) is 0 Å². The van der Waals surface area contributed by atoms with E-state index in [0.717, 1.165) is 6.42 Å². The molecule has 0 radical (unpaired) electrons. The molecule has 2 rings (SSSR count). The zero-order valence-corrected chi connectivity index (χ0v) is 8.90. The maximum Gasteiger partial charge on any atom is 0.0167 e. The molecule has 2 aromatic carbocycles. The SMILES string of the molecule is CCC(c1c#cccc1)c1ccccc1. The van der Waals surface area contributed by atoms with Crippen molar-refractivity contribution >= 4 is 0 Å². The Bertz CT molecular complexity index is 349. The number of rotatable bonds is 3. The lowest BCUT2D eigenvalue weighted by Gasteiger charge is -2.13. The van der Waals surface area contributed by atoms with Gasteiger partial charge in [-0.05, 0) is 24.1 Å². The van der Waals surface area contributed by atoms with Crippen molar-refractivity contribution in [1.29, 1.82) is 0 Å². The van der Waals surface area contributed by atoms with E-state index >= 15 is 0 Å². The molecule has 15 heavy (non-hydrogen) atoms. The van der Waals surface area contributed by atoms with Crippen molar-refractivity contribution in [3.63, 3.8) is 0 Å². The van der Waals surface area contributed by atoms with Gasteiger partial charge in [0.2, 0.25) is 0 Å². The number of hydrogen-bond donors (Lipinski definition) is 0. The molecule has 74 valence electrons. The summed E-state index contributed by atoms with van der Waals surface area (Å²) in [5.74, 6) is 0.448. The molecular weight excluding hydrogens is 180 g/mol. The van der Waals surface area contributed by atoms with Gasteiger partial charge in [-0.3, -0.25) is 0 Å². The van der Waals surface area contributed by atoms with Crippen LogP contribution in [0.25, 0.3) is 0 Å². The number of hydrogen-bond acceptors (Lipinski definition) is 0.